The van der Waals surface area contributed by atoms with Gasteiger partial charge in [-0.3, -0.25) is 9.79 Å². The van der Waals surface area contributed by atoms with Crippen LogP contribution in [0.25, 0.3) is 0 Å². The number of amides is 1. The largest absolute Gasteiger partial charge is 0.858 e. The van der Waals surface area contributed by atoms with E-state index in [1.165, 1.54) is 11.1 Å². The van der Waals surface area contributed by atoms with Crippen LogP contribution in [0.2, 0.25) is 0 Å². The average Bonchev–Trinajstić information content (AvgIpc) is 3.12. The molecule has 288 valence electrons. The van der Waals surface area contributed by atoms with Gasteiger partial charge in [0, 0.05) is 28.7 Å². The summed E-state index contributed by atoms with van der Waals surface area (Å²) in [4.78, 5) is 26.0. The highest BCUT2D eigenvalue weighted by Crippen LogP contribution is 2.24. The van der Waals surface area contributed by atoms with E-state index in [9.17, 15) is 9.90 Å². The van der Waals surface area contributed by atoms with Gasteiger partial charge in [-0.1, -0.05) is 97.1 Å². The van der Waals surface area contributed by atoms with Crippen molar-refractivity contribution in [2.75, 3.05) is 44.6 Å². The lowest BCUT2D eigenvalue weighted by molar-refractivity contribution is -0.931. The Hall–Kier alpha value is -4.83. The molecule has 0 unspecified atom stereocenters. The molecule has 4 aromatic carbocycles. The summed E-state index contributed by atoms with van der Waals surface area (Å²) in [7, 11) is 0. The number of hydrogen-bond acceptors (Lipinski definition) is 5. The van der Waals surface area contributed by atoms with Crippen LogP contribution in [-0.4, -0.2) is 71.5 Å². The number of carboxylic acid groups (broad SMARTS) is 1. The molecule has 0 spiro atoms. The molecule has 0 saturated carbocycles. The van der Waals surface area contributed by atoms with E-state index in [1.54, 1.807) is 0 Å². The molecular weight excluding hydrogens is 665 g/mol. The molecule has 0 aliphatic carbocycles. The second-order valence-corrected chi connectivity index (χ2v) is 13.6. The number of aryl methyl sites for hydroxylation is 4. The van der Waals surface area contributed by atoms with Gasteiger partial charge in [0.1, 0.15) is 19.6 Å². The molecule has 3 N–H and O–H groups in total. The van der Waals surface area contributed by atoms with Gasteiger partial charge in [-0.25, -0.2) is 0 Å². The standard InChI is InChI=1S/2C21H28N2O.C2H4O2.H2O/c2*1-5-23(6-2,15-19-13-8-7-9-14-19)16-20(24)22-21-17(3)11-10-12-18(21)4;1-2(3)4;/h2*7-14H,5-6,15-16H2,1-4H3;1H3,(H,3,4);1H2. The van der Waals surface area contributed by atoms with Crippen LogP contribution < -0.4 is 15.5 Å². The summed E-state index contributed by atoms with van der Waals surface area (Å²) >= 11 is 0. The Balaban J connectivity index is 0.000000473. The number of carboxylic acids is 1. The minimum Gasteiger partial charge on any atom is -0.858 e. The highest BCUT2D eigenvalue weighted by atomic mass is 16.4. The van der Waals surface area contributed by atoms with Crippen molar-refractivity contribution in [1.82, 2.24) is 0 Å². The van der Waals surface area contributed by atoms with Crippen molar-refractivity contribution in [3.8, 4) is 0 Å². The Bertz CT molecular complexity index is 1670. The highest BCUT2D eigenvalue weighted by Gasteiger charge is 2.28. The molecule has 9 heteroatoms. The maximum absolute atomic E-state index is 12.7. The minimum atomic E-state index is -1.08. The van der Waals surface area contributed by atoms with E-state index in [1.807, 2.05) is 76.2 Å². The van der Waals surface area contributed by atoms with Crippen molar-refractivity contribution < 1.29 is 34.2 Å². The lowest BCUT2D eigenvalue weighted by atomic mass is 10.1. The molecular formula is C44H62N4O5. The SMILES string of the molecule is CC(=O)[O-].CC[N+](CC)(CC(=O)Nc1c(C)cccc1C)Cc1ccccc1.CC[N+](CC)(CC([O-])=Nc1c(C)cccc1C)Cc1ccccc1.O. The molecule has 0 bridgehead atoms. The topological polar surface area (TPSA) is 136 Å². The van der Waals surface area contributed by atoms with E-state index in [0.29, 0.717) is 13.1 Å². The van der Waals surface area contributed by atoms with Gasteiger partial charge in [0.2, 0.25) is 0 Å². The van der Waals surface area contributed by atoms with E-state index in [2.05, 4.69) is 86.5 Å². The fourth-order valence-corrected chi connectivity index (χ4v) is 6.32. The van der Waals surface area contributed by atoms with Crippen LogP contribution >= 0.6 is 0 Å². The molecule has 0 saturated heterocycles. The van der Waals surface area contributed by atoms with Crippen LogP contribution in [0.5, 0.6) is 0 Å². The summed E-state index contributed by atoms with van der Waals surface area (Å²) < 4.78 is 1.50. The number of nitrogens with one attached hydrogen (secondary N) is 1. The number of quaternary nitrogens is 2. The highest BCUT2D eigenvalue weighted by molar-refractivity contribution is 5.93. The zero-order valence-corrected chi connectivity index (χ0v) is 33.4. The van der Waals surface area contributed by atoms with Crippen LogP contribution in [-0.2, 0) is 22.7 Å². The first-order valence-corrected chi connectivity index (χ1v) is 18.3. The van der Waals surface area contributed by atoms with Crippen molar-refractivity contribution in [1.29, 1.82) is 0 Å². The maximum Gasteiger partial charge on any atom is 0.279 e. The summed E-state index contributed by atoms with van der Waals surface area (Å²) in [6.45, 7) is 24.1. The monoisotopic (exact) mass is 726 g/mol. The summed E-state index contributed by atoms with van der Waals surface area (Å²) in [6, 6.07) is 32.9. The molecule has 0 fully saturated rings. The first-order chi connectivity index (χ1) is 24.7. The van der Waals surface area contributed by atoms with Crippen molar-refractivity contribution in [2.24, 2.45) is 4.99 Å². The predicted octanol–water partition coefficient (Wildman–Crippen LogP) is 5.98. The van der Waals surface area contributed by atoms with E-state index < -0.39 is 5.97 Å². The van der Waals surface area contributed by atoms with E-state index in [4.69, 9.17) is 9.90 Å². The smallest absolute Gasteiger partial charge is 0.279 e. The number of likely N-dealkylation sites (N-methyl/N-ethyl adjacent to an activating group) is 2. The van der Waals surface area contributed by atoms with Crippen LogP contribution in [0.15, 0.2) is 102 Å². The van der Waals surface area contributed by atoms with Crippen molar-refractivity contribution in [3.63, 3.8) is 0 Å². The molecule has 0 atom stereocenters. The van der Waals surface area contributed by atoms with Gasteiger partial charge < -0.3 is 34.8 Å². The third kappa shape index (κ3) is 15.4. The van der Waals surface area contributed by atoms with Crippen molar-refractivity contribution in [2.45, 2.75) is 75.4 Å². The van der Waals surface area contributed by atoms with Crippen LogP contribution in [0, 0.1) is 27.7 Å². The third-order valence-corrected chi connectivity index (χ3v) is 9.78. The molecule has 1 amide bonds. The van der Waals surface area contributed by atoms with Gasteiger partial charge in [0.05, 0.1) is 31.9 Å². The number of anilines is 1. The van der Waals surface area contributed by atoms with Crippen molar-refractivity contribution in [3.05, 3.63) is 130 Å². The number of nitrogens with zero attached hydrogens (tertiary/aromatic N) is 3. The summed E-state index contributed by atoms with van der Waals surface area (Å²) in [6.07, 6.45) is 0. The number of carbonyl (C=O) groups is 2. The quantitative estimate of drug-likeness (QED) is 0.0972. The number of benzene rings is 4. The number of carbonyl (C=O) groups excluding carboxylic acids is 2. The maximum atomic E-state index is 12.7. The molecule has 0 radical (unpaired) electrons. The Morgan fingerprint density at radius 3 is 1.32 bits per heavy atom. The second-order valence-electron chi connectivity index (χ2n) is 13.6. The lowest BCUT2D eigenvalue weighted by Gasteiger charge is -2.38. The Morgan fingerprint density at radius 2 is 0.943 bits per heavy atom. The molecule has 53 heavy (non-hydrogen) atoms. The number of para-hydroxylation sites is 2. The predicted molar refractivity (Wildman–Crippen MR) is 215 cm³/mol. The minimum absolute atomic E-state index is 0. The molecule has 0 heterocycles. The van der Waals surface area contributed by atoms with Gasteiger partial charge in [-0.05, 0) is 84.6 Å². The summed E-state index contributed by atoms with van der Waals surface area (Å²) in [5.74, 6) is -1.03. The normalized spacial score (nSPS) is 11.2. The Kier molecular flexibility index (Phi) is 20.0. The van der Waals surface area contributed by atoms with E-state index >= 15 is 0 Å². The number of rotatable bonds is 14. The Labute approximate surface area is 318 Å². The van der Waals surface area contributed by atoms with Gasteiger partial charge in [-0.15, -0.1) is 0 Å². The third-order valence-electron chi connectivity index (χ3n) is 9.78. The zero-order valence-electron chi connectivity index (χ0n) is 33.4. The lowest BCUT2D eigenvalue weighted by Crippen LogP contribution is -2.52. The zero-order chi connectivity index (χ0) is 38.7. The van der Waals surface area contributed by atoms with E-state index in [0.717, 1.165) is 88.8 Å². The second kappa shape index (κ2) is 23.0. The first kappa shape index (κ1) is 46.2. The van der Waals surface area contributed by atoms with Gasteiger partial charge in [0.25, 0.3) is 5.91 Å². The van der Waals surface area contributed by atoms with E-state index in [-0.39, 0.29) is 17.3 Å². The van der Waals surface area contributed by atoms with Gasteiger partial charge >= 0.3 is 0 Å². The number of aliphatic carboxylic acids is 1. The Morgan fingerprint density at radius 1 is 0.585 bits per heavy atom. The van der Waals surface area contributed by atoms with Crippen LogP contribution in [0.3, 0.4) is 0 Å². The average molecular weight is 727 g/mol. The number of aliphatic imine (C=N–C) groups is 1. The fourth-order valence-electron chi connectivity index (χ4n) is 6.32. The van der Waals surface area contributed by atoms with Gasteiger partial charge in [-0.2, -0.15) is 0 Å². The van der Waals surface area contributed by atoms with Crippen LogP contribution in [0.1, 0.15) is 68.0 Å². The fraction of sp³-hybridized carbons (Fsp3) is 0.386. The van der Waals surface area contributed by atoms with Crippen LogP contribution in [0.4, 0.5) is 11.4 Å². The van der Waals surface area contributed by atoms with Crippen molar-refractivity contribution >= 4 is 29.1 Å². The molecule has 0 aromatic heterocycles. The molecule has 0 aliphatic rings. The van der Waals surface area contributed by atoms with Gasteiger partial charge in [0.15, 0.2) is 6.54 Å². The molecule has 4 aromatic rings. The summed E-state index contributed by atoms with van der Waals surface area (Å²) in [5, 5.41) is 24.7. The summed E-state index contributed by atoms with van der Waals surface area (Å²) in [5.41, 5.74) is 8.65. The molecule has 9 nitrogen and oxygen atoms in total. The number of hydrogen-bond donors (Lipinski definition) is 1. The molecule has 4 rings (SSSR count). The molecule has 0 aliphatic heterocycles. The first-order valence-electron chi connectivity index (χ1n) is 18.3.